The van der Waals surface area contributed by atoms with Crippen LogP contribution in [0.15, 0.2) is 29.2 Å². The van der Waals surface area contributed by atoms with E-state index in [9.17, 15) is 28.5 Å². The molecule has 1 aliphatic carbocycles. The summed E-state index contributed by atoms with van der Waals surface area (Å²) in [4.78, 5) is 13.2. The Labute approximate surface area is 172 Å². The highest BCUT2D eigenvalue weighted by Gasteiger charge is 2.46. The zero-order valence-corrected chi connectivity index (χ0v) is 18.2. The van der Waals surface area contributed by atoms with E-state index in [1.807, 2.05) is 6.92 Å². The van der Waals surface area contributed by atoms with Crippen LogP contribution in [0.1, 0.15) is 32.8 Å². The second kappa shape index (κ2) is 8.99. The monoisotopic (exact) mass is 428 g/mol. The van der Waals surface area contributed by atoms with Gasteiger partial charge < -0.3 is 20.2 Å². The van der Waals surface area contributed by atoms with Gasteiger partial charge in [-0.25, -0.2) is 17.9 Å². The first-order chi connectivity index (χ1) is 13.4. The van der Waals surface area contributed by atoms with Gasteiger partial charge in [0.05, 0.1) is 4.90 Å². The van der Waals surface area contributed by atoms with Crippen LogP contribution in [0.25, 0.3) is 0 Å². The molecular weight excluding hydrogens is 396 g/mol. The summed E-state index contributed by atoms with van der Waals surface area (Å²) in [6, 6.07) is 5.74. The van der Waals surface area contributed by atoms with Gasteiger partial charge in [0, 0.05) is 31.3 Å². The van der Waals surface area contributed by atoms with Crippen LogP contribution in [-0.2, 0) is 10.0 Å². The van der Waals surface area contributed by atoms with Crippen LogP contribution >= 0.6 is 0 Å². The van der Waals surface area contributed by atoms with Crippen LogP contribution in [0.5, 0.6) is 0 Å². The van der Waals surface area contributed by atoms with Crippen molar-refractivity contribution >= 4 is 16.1 Å². The molecule has 0 radical (unpaired) electrons. The molecule has 0 heterocycles. The van der Waals surface area contributed by atoms with Crippen molar-refractivity contribution in [3.63, 3.8) is 0 Å². The zero-order valence-electron chi connectivity index (χ0n) is 17.4. The van der Waals surface area contributed by atoms with Crippen molar-refractivity contribution in [1.29, 1.82) is 0 Å². The van der Waals surface area contributed by atoms with E-state index in [1.54, 1.807) is 32.9 Å². The molecule has 29 heavy (non-hydrogen) atoms. The van der Waals surface area contributed by atoms with Crippen molar-refractivity contribution in [2.24, 2.45) is 17.8 Å². The Bertz CT molecular complexity index is 803. The average Bonchev–Trinajstić information content (AvgIpc) is 2.94. The van der Waals surface area contributed by atoms with E-state index in [0.717, 1.165) is 5.56 Å². The SMILES string of the molecule is Cc1ccc(S(=O)(=O)N[C@H]2[C@H](CO)C[C@H](CO)[C@@H]2CN(C(=O)O)C(C)(C)C)cc1. The molecule has 1 amide bonds. The largest absolute Gasteiger partial charge is 0.465 e. The van der Waals surface area contributed by atoms with Gasteiger partial charge in [0.25, 0.3) is 0 Å². The minimum absolute atomic E-state index is 0.0572. The van der Waals surface area contributed by atoms with Crippen molar-refractivity contribution in [3.8, 4) is 0 Å². The van der Waals surface area contributed by atoms with Gasteiger partial charge in [0.15, 0.2) is 0 Å². The van der Waals surface area contributed by atoms with Crippen LogP contribution in [0.3, 0.4) is 0 Å². The summed E-state index contributed by atoms with van der Waals surface area (Å²) in [5.41, 5.74) is 0.238. The summed E-state index contributed by atoms with van der Waals surface area (Å²) in [6.45, 7) is 6.74. The number of aliphatic hydroxyl groups is 2. The van der Waals surface area contributed by atoms with Crippen LogP contribution in [0.2, 0.25) is 0 Å². The van der Waals surface area contributed by atoms with E-state index in [2.05, 4.69) is 4.72 Å². The molecule has 4 atom stereocenters. The Morgan fingerprint density at radius 1 is 1.14 bits per heavy atom. The van der Waals surface area contributed by atoms with E-state index in [1.165, 1.54) is 17.0 Å². The number of carboxylic acid groups (broad SMARTS) is 1. The highest BCUT2D eigenvalue weighted by molar-refractivity contribution is 7.89. The molecule has 9 heteroatoms. The Hall–Kier alpha value is -1.68. The molecule has 164 valence electrons. The molecular formula is C20H32N2O6S. The summed E-state index contributed by atoms with van der Waals surface area (Å²) in [7, 11) is -3.87. The standard InChI is InChI=1S/C20H32N2O6S/c1-13-5-7-16(8-6-13)29(27,28)21-18-15(12-24)9-14(11-23)17(18)10-22(19(25)26)20(2,3)4/h5-8,14-15,17-18,21,23-24H,9-12H2,1-4H3,(H,25,26)/t14-,15+,17+,18+/m1/s1. The van der Waals surface area contributed by atoms with Crippen molar-refractivity contribution < 1.29 is 28.5 Å². The molecule has 2 rings (SSSR count). The van der Waals surface area contributed by atoms with Gasteiger partial charge in [0.2, 0.25) is 10.0 Å². The summed E-state index contributed by atoms with van der Waals surface area (Å²) < 4.78 is 28.5. The fourth-order valence-corrected chi connectivity index (χ4v) is 5.37. The quantitative estimate of drug-likeness (QED) is 0.523. The van der Waals surface area contributed by atoms with Crippen LogP contribution in [0, 0.1) is 24.7 Å². The van der Waals surface area contributed by atoms with E-state index >= 15 is 0 Å². The predicted molar refractivity (Wildman–Crippen MR) is 109 cm³/mol. The molecule has 4 N–H and O–H groups in total. The first-order valence-electron chi connectivity index (χ1n) is 9.72. The van der Waals surface area contributed by atoms with E-state index in [4.69, 9.17) is 0 Å². The number of aryl methyl sites for hydroxylation is 1. The Morgan fingerprint density at radius 2 is 1.69 bits per heavy atom. The third-order valence-electron chi connectivity index (χ3n) is 5.71. The van der Waals surface area contributed by atoms with Gasteiger partial charge in [-0.2, -0.15) is 0 Å². The molecule has 1 aliphatic rings. The Balaban J connectivity index is 2.36. The van der Waals surface area contributed by atoms with Gasteiger partial charge in [-0.15, -0.1) is 0 Å². The van der Waals surface area contributed by atoms with E-state index < -0.39 is 39.5 Å². The molecule has 0 aromatic heterocycles. The van der Waals surface area contributed by atoms with Gasteiger partial charge in [-0.1, -0.05) is 17.7 Å². The molecule has 8 nitrogen and oxygen atoms in total. The minimum Gasteiger partial charge on any atom is -0.465 e. The first-order valence-corrected chi connectivity index (χ1v) is 11.2. The predicted octanol–water partition coefficient (Wildman–Crippen LogP) is 1.66. The molecule has 0 spiro atoms. The molecule has 0 aliphatic heterocycles. The summed E-state index contributed by atoms with van der Waals surface area (Å²) in [6.07, 6.45) is -0.696. The van der Waals surface area contributed by atoms with Gasteiger partial charge in [-0.05, 0) is 64.0 Å². The number of hydrogen-bond acceptors (Lipinski definition) is 5. The Morgan fingerprint density at radius 3 is 2.14 bits per heavy atom. The summed E-state index contributed by atoms with van der Waals surface area (Å²) >= 11 is 0. The number of rotatable bonds is 7. The average molecular weight is 429 g/mol. The number of carbonyl (C=O) groups is 1. The number of aliphatic hydroxyl groups excluding tert-OH is 2. The number of benzene rings is 1. The zero-order chi connectivity index (χ0) is 22.0. The van der Waals surface area contributed by atoms with Crippen LogP contribution in [0.4, 0.5) is 4.79 Å². The molecule has 1 fully saturated rings. The molecule has 0 bridgehead atoms. The highest BCUT2D eigenvalue weighted by Crippen LogP contribution is 2.38. The highest BCUT2D eigenvalue weighted by atomic mass is 32.2. The number of sulfonamides is 1. The smallest absolute Gasteiger partial charge is 0.407 e. The van der Waals surface area contributed by atoms with Crippen molar-refractivity contribution in [3.05, 3.63) is 29.8 Å². The second-order valence-electron chi connectivity index (χ2n) is 8.81. The molecule has 0 unspecified atom stereocenters. The fourth-order valence-electron chi connectivity index (χ4n) is 4.01. The normalized spacial score (nSPS) is 25.2. The molecule has 1 aromatic rings. The lowest BCUT2D eigenvalue weighted by Crippen LogP contribution is -2.52. The number of nitrogens with zero attached hydrogens (tertiary/aromatic N) is 1. The van der Waals surface area contributed by atoms with Crippen molar-refractivity contribution in [1.82, 2.24) is 9.62 Å². The lowest BCUT2D eigenvalue weighted by molar-refractivity contribution is 0.0716. The van der Waals surface area contributed by atoms with Gasteiger partial charge in [0.1, 0.15) is 0 Å². The summed E-state index contributed by atoms with van der Waals surface area (Å²) in [5.74, 6) is -1.19. The maximum Gasteiger partial charge on any atom is 0.407 e. The topological polar surface area (TPSA) is 127 Å². The second-order valence-corrected chi connectivity index (χ2v) is 10.5. The van der Waals surface area contributed by atoms with Gasteiger partial charge in [-0.3, -0.25) is 0 Å². The number of hydrogen-bond donors (Lipinski definition) is 4. The maximum atomic E-state index is 12.9. The number of nitrogens with one attached hydrogen (secondary N) is 1. The lowest BCUT2D eigenvalue weighted by atomic mass is 9.91. The van der Waals surface area contributed by atoms with Crippen molar-refractivity contribution in [2.45, 2.75) is 50.6 Å². The Kier molecular flexibility index (Phi) is 7.32. The number of amides is 1. The third kappa shape index (κ3) is 5.48. The van der Waals surface area contributed by atoms with Crippen molar-refractivity contribution in [2.75, 3.05) is 19.8 Å². The molecule has 1 aromatic carbocycles. The minimum atomic E-state index is -3.87. The van der Waals surface area contributed by atoms with E-state index in [-0.39, 0.29) is 30.6 Å². The van der Waals surface area contributed by atoms with Crippen LogP contribution < -0.4 is 4.72 Å². The summed E-state index contributed by atoms with van der Waals surface area (Å²) in [5, 5.41) is 29.3. The fraction of sp³-hybridized carbons (Fsp3) is 0.650. The third-order valence-corrected chi connectivity index (χ3v) is 7.18. The van der Waals surface area contributed by atoms with E-state index in [0.29, 0.717) is 6.42 Å². The molecule has 1 saturated carbocycles. The lowest BCUT2D eigenvalue weighted by Gasteiger charge is -2.38. The maximum absolute atomic E-state index is 12.9. The molecule has 0 saturated heterocycles. The van der Waals surface area contributed by atoms with Gasteiger partial charge >= 0.3 is 6.09 Å². The van der Waals surface area contributed by atoms with Crippen LogP contribution in [-0.4, -0.2) is 66.1 Å². The first kappa shape index (κ1) is 23.6.